The van der Waals surface area contributed by atoms with Crippen LogP contribution in [-0.2, 0) is 14.8 Å². The van der Waals surface area contributed by atoms with E-state index in [0.29, 0.717) is 37.7 Å². The third kappa shape index (κ3) is 2.68. The Morgan fingerprint density at radius 3 is 2.47 bits per heavy atom. The molecule has 1 aromatic carbocycles. The van der Waals surface area contributed by atoms with Gasteiger partial charge in [-0.3, -0.25) is 0 Å². The molecule has 1 aliphatic heterocycles. The summed E-state index contributed by atoms with van der Waals surface area (Å²) in [5.74, 6) is 0. The Bertz CT molecular complexity index is 510. The number of rotatable bonds is 2. The molecule has 0 aromatic heterocycles. The molecule has 0 spiro atoms. The van der Waals surface area contributed by atoms with Crippen molar-refractivity contribution < 1.29 is 13.2 Å². The van der Waals surface area contributed by atoms with E-state index in [9.17, 15) is 8.42 Å². The van der Waals surface area contributed by atoms with Gasteiger partial charge in [0.25, 0.3) is 0 Å². The Hall–Kier alpha value is -1.31. The van der Waals surface area contributed by atoms with Gasteiger partial charge in [0.15, 0.2) is 0 Å². The molecule has 0 unspecified atom stereocenters. The van der Waals surface area contributed by atoms with Gasteiger partial charge in [-0.2, -0.15) is 0 Å². The summed E-state index contributed by atoms with van der Waals surface area (Å²) in [6, 6.07) is 4.74. The minimum Gasteiger partial charge on any atom is -0.399 e. The third-order valence-electron chi connectivity index (χ3n) is 2.64. The highest BCUT2D eigenvalue weighted by molar-refractivity contribution is 7.89. The maximum atomic E-state index is 11.5. The highest BCUT2D eigenvalue weighted by Gasteiger charge is 2.20. The Labute approximate surface area is 100 Å². The van der Waals surface area contributed by atoms with Gasteiger partial charge < -0.3 is 15.4 Å². The fourth-order valence-corrected chi connectivity index (χ4v) is 2.61. The number of nitrogens with two attached hydrogens (primary N) is 2. The minimum absolute atomic E-state index is 0.0689. The molecule has 0 amide bonds. The van der Waals surface area contributed by atoms with Crippen LogP contribution in [0.15, 0.2) is 23.1 Å². The molecule has 1 saturated heterocycles. The van der Waals surface area contributed by atoms with Crippen LogP contribution >= 0.6 is 0 Å². The van der Waals surface area contributed by atoms with E-state index in [1.165, 1.54) is 6.07 Å². The largest absolute Gasteiger partial charge is 0.399 e. The number of sulfonamides is 1. The third-order valence-corrected chi connectivity index (χ3v) is 3.58. The summed E-state index contributed by atoms with van der Waals surface area (Å²) < 4.78 is 28.2. The van der Waals surface area contributed by atoms with Gasteiger partial charge in [0.05, 0.1) is 18.9 Å². The first-order valence-electron chi connectivity index (χ1n) is 5.23. The molecule has 0 aliphatic carbocycles. The quantitative estimate of drug-likeness (QED) is 0.712. The first-order chi connectivity index (χ1) is 7.98. The van der Waals surface area contributed by atoms with Crippen LogP contribution in [0.5, 0.6) is 0 Å². The molecule has 0 saturated carbocycles. The van der Waals surface area contributed by atoms with Crippen LogP contribution in [0.4, 0.5) is 11.4 Å². The summed E-state index contributed by atoms with van der Waals surface area (Å²) in [6.45, 7) is 2.45. The fourth-order valence-electron chi connectivity index (χ4n) is 1.82. The second-order valence-corrected chi connectivity index (χ2v) is 5.40. The molecule has 0 bridgehead atoms. The van der Waals surface area contributed by atoms with E-state index in [0.717, 1.165) is 0 Å². The summed E-state index contributed by atoms with van der Waals surface area (Å²) in [5, 5.41) is 5.19. The molecule has 0 atom stereocenters. The summed E-state index contributed by atoms with van der Waals surface area (Å²) in [7, 11) is -3.77. The summed E-state index contributed by atoms with van der Waals surface area (Å²) in [5.41, 5.74) is 6.56. The lowest BCUT2D eigenvalue weighted by molar-refractivity contribution is 0.122. The van der Waals surface area contributed by atoms with Gasteiger partial charge in [-0.1, -0.05) is 0 Å². The zero-order valence-corrected chi connectivity index (χ0v) is 10.1. The number of morpholine rings is 1. The topological polar surface area (TPSA) is 98.6 Å². The molecular formula is C10H15N3O3S. The number of anilines is 2. The Morgan fingerprint density at radius 1 is 1.24 bits per heavy atom. The molecule has 94 valence electrons. The van der Waals surface area contributed by atoms with Crippen molar-refractivity contribution in [3.8, 4) is 0 Å². The van der Waals surface area contributed by atoms with Gasteiger partial charge in [0, 0.05) is 18.8 Å². The average Bonchev–Trinajstić information content (AvgIpc) is 2.29. The van der Waals surface area contributed by atoms with Crippen molar-refractivity contribution in [2.24, 2.45) is 5.14 Å². The van der Waals surface area contributed by atoms with Crippen LogP contribution < -0.4 is 15.8 Å². The van der Waals surface area contributed by atoms with E-state index in [1.54, 1.807) is 12.1 Å². The zero-order chi connectivity index (χ0) is 12.5. The highest BCUT2D eigenvalue weighted by atomic mass is 32.2. The van der Waals surface area contributed by atoms with E-state index in [-0.39, 0.29) is 4.90 Å². The number of benzene rings is 1. The number of hydrogen-bond acceptors (Lipinski definition) is 5. The van der Waals surface area contributed by atoms with Crippen LogP contribution in [-0.4, -0.2) is 34.7 Å². The number of hydrogen-bond donors (Lipinski definition) is 2. The predicted molar refractivity (Wildman–Crippen MR) is 65.3 cm³/mol. The molecule has 1 heterocycles. The van der Waals surface area contributed by atoms with Crippen molar-refractivity contribution in [2.75, 3.05) is 36.9 Å². The molecule has 2 rings (SSSR count). The monoisotopic (exact) mass is 257 g/mol. The normalized spacial score (nSPS) is 17.1. The predicted octanol–water partition coefficient (Wildman–Crippen LogP) is -0.247. The number of ether oxygens (including phenoxy) is 1. The van der Waals surface area contributed by atoms with Gasteiger partial charge in [0.1, 0.15) is 4.90 Å². The van der Waals surface area contributed by atoms with Crippen molar-refractivity contribution in [1.82, 2.24) is 0 Å². The maximum absolute atomic E-state index is 11.5. The van der Waals surface area contributed by atoms with Crippen LogP contribution in [0.25, 0.3) is 0 Å². The van der Waals surface area contributed by atoms with Crippen molar-refractivity contribution in [1.29, 1.82) is 0 Å². The van der Waals surface area contributed by atoms with Gasteiger partial charge >= 0.3 is 0 Å². The number of nitrogen functional groups attached to an aromatic ring is 1. The molecular weight excluding hydrogens is 242 g/mol. The Balaban J connectivity index is 2.45. The van der Waals surface area contributed by atoms with Crippen molar-refractivity contribution in [3.63, 3.8) is 0 Å². The lowest BCUT2D eigenvalue weighted by Crippen LogP contribution is -2.37. The molecule has 0 radical (unpaired) electrons. The van der Waals surface area contributed by atoms with Crippen LogP contribution in [0.2, 0.25) is 0 Å². The van der Waals surface area contributed by atoms with Gasteiger partial charge in [-0.25, -0.2) is 13.6 Å². The number of nitrogens with zero attached hydrogens (tertiary/aromatic N) is 1. The molecule has 6 nitrogen and oxygen atoms in total. The van der Waals surface area contributed by atoms with Crippen LogP contribution in [0.1, 0.15) is 0 Å². The molecule has 1 fully saturated rings. The van der Waals surface area contributed by atoms with Gasteiger partial charge in [0.2, 0.25) is 10.0 Å². The highest BCUT2D eigenvalue weighted by Crippen LogP contribution is 2.27. The van der Waals surface area contributed by atoms with Crippen molar-refractivity contribution in [2.45, 2.75) is 4.90 Å². The molecule has 4 N–H and O–H groups in total. The molecule has 7 heteroatoms. The first-order valence-corrected chi connectivity index (χ1v) is 6.78. The first kappa shape index (κ1) is 12.2. The van der Waals surface area contributed by atoms with E-state index >= 15 is 0 Å². The second-order valence-electron chi connectivity index (χ2n) is 3.87. The summed E-state index contributed by atoms with van der Waals surface area (Å²) in [6.07, 6.45) is 0. The van der Waals surface area contributed by atoms with Crippen molar-refractivity contribution in [3.05, 3.63) is 18.2 Å². The van der Waals surface area contributed by atoms with E-state index in [2.05, 4.69) is 0 Å². The van der Waals surface area contributed by atoms with Gasteiger partial charge in [-0.05, 0) is 18.2 Å². The Morgan fingerprint density at radius 2 is 1.88 bits per heavy atom. The summed E-state index contributed by atoms with van der Waals surface area (Å²) in [4.78, 5) is 2.00. The van der Waals surface area contributed by atoms with E-state index < -0.39 is 10.0 Å². The van der Waals surface area contributed by atoms with Gasteiger partial charge in [-0.15, -0.1) is 0 Å². The Kier molecular flexibility index (Phi) is 3.23. The molecule has 1 aromatic rings. The molecule has 17 heavy (non-hydrogen) atoms. The minimum atomic E-state index is -3.77. The molecule has 1 aliphatic rings. The standard InChI is InChI=1S/C10H15N3O3S/c11-8-1-2-9(10(7-8)17(12,14)15)13-3-5-16-6-4-13/h1-2,7H,3-6,11H2,(H2,12,14,15). The van der Waals surface area contributed by atoms with Crippen LogP contribution in [0.3, 0.4) is 0 Å². The number of primary sulfonamides is 1. The average molecular weight is 257 g/mol. The van der Waals surface area contributed by atoms with Crippen molar-refractivity contribution >= 4 is 21.4 Å². The SMILES string of the molecule is Nc1ccc(N2CCOCC2)c(S(N)(=O)=O)c1. The fraction of sp³-hybridized carbons (Fsp3) is 0.400. The maximum Gasteiger partial charge on any atom is 0.240 e. The second kappa shape index (κ2) is 4.52. The van der Waals surface area contributed by atoms with E-state index in [1.807, 2.05) is 4.90 Å². The van der Waals surface area contributed by atoms with Crippen LogP contribution in [0, 0.1) is 0 Å². The van der Waals surface area contributed by atoms with E-state index in [4.69, 9.17) is 15.6 Å². The zero-order valence-electron chi connectivity index (χ0n) is 9.30. The summed E-state index contributed by atoms with van der Waals surface area (Å²) >= 11 is 0. The lowest BCUT2D eigenvalue weighted by Gasteiger charge is -2.30. The smallest absolute Gasteiger partial charge is 0.240 e. The lowest BCUT2D eigenvalue weighted by atomic mass is 10.2.